The van der Waals surface area contributed by atoms with Gasteiger partial charge in [0, 0.05) is 24.2 Å². The van der Waals surface area contributed by atoms with E-state index in [1.54, 1.807) is 0 Å². The number of benzene rings is 1. The van der Waals surface area contributed by atoms with Crippen molar-refractivity contribution in [2.75, 3.05) is 36.9 Å². The lowest BCUT2D eigenvalue weighted by molar-refractivity contribution is -0.0100. The average Bonchev–Trinajstić information content (AvgIpc) is 3.19. The molecule has 27 heavy (non-hydrogen) atoms. The molecule has 1 aromatic carbocycles. The number of nitrogens with one attached hydrogen (secondary N) is 1. The maximum absolute atomic E-state index is 6.01. The van der Waals surface area contributed by atoms with Crippen LogP contribution in [0.15, 0.2) is 18.2 Å². The first kappa shape index (κ1) is 16.5. The van der Waals surface area contributed by atoms with Crippen LogP contribution >= 0.6 is 0 Å². The predicted molar refractivity (Wildman–Crippen MR) is 102 cm³/mol. The Morgan fingerprint density at radius 3 is 2.78 bits per heavy atom. The van der Waals surface area contributed by atoms with Gasteiger partial charge in [-0.1, -0.05) is 0 Å². The number of nitrogens with zero attached hydrogens (tertiary/aromatic N) is 4. The van der Waals surface area contributed by atoms with Crippen molar-refractivity contribution in [3.05, 3.63) is 29.5 Å². The van der Waals surface area contributed by atoms with E-state index in [4.69, 9.17) is 25.2 Å². The zero-order valence-electron chi connectivity index (χ0n) is 15.5. The van der Waals surface area contributed by atoms with E-state index in [-0.39, 0.29) is 0 Å². The lowest BCUT2D eigenvalue weighted by Gasteiger charge is -2.29. The van der Waals surface area contributed by atoms with Crippen molar-refractivity contribution >= 4 is 22.8 Å². The summed E-state index contributed by atoms with van der Waals surface area (Å²) in [5.74, 6) is 2.04. The highest BCUT2D eigenvalue weighted by Gasteiger charge is 2.37. The summed E-state index contributed by atoms with van der Waals surface area (Å²) >= 11 is 0. The van der Waals surface area contributed by atoms with Gasteiger partial charge >= 0.3 is 0 Å². The fourth-order valence-electron chi connectivity index (χ4n) is 3.76. The third kappa shape index (κ3) is 2.72. The van der Waals surface area contributed by atoms with E-state index in [2.05, 4.69) is 28.7 Å². The monoisotopic (exact) mass is 366 g/mol. The van der Waals surface area contributed by atoms with Gasteiger partial charge in [0.2, 0.25) is 0 Å². The van der Waals surface area contributed by atoms with Crippen LogP contribution in [0.1, 0.15) is 25.1 Å². The van der Waals surface area contributed by atoms with Gasteiger partial charge in [0.05, 0.1) is 36.5 Å². The highest BCUT2D eigenvalue weighted by molar-refractivity contribution is 5.82. The van der Waals surface area contributed by atoms with E-state index in [0.29, 0.717) is 31.6 Å². The summed E-state index contributed by atoms with van der Waals surface area (Å²) in [7, 11) is 0. The summed E-state index contributed by atoms with van der Waals surface area (Å²) in [6.45, 7) is 7.69. The molecule has 1 saturated heterocycles. The van der Waals surface area contributed by atoms with E-state index < -0.39 is 5.60 Å². The zero-order chi connectivity index (χ0) is 18.6. The molecule has 0 amide bonds. The molecule has 0 aliphatic carbocycles. The third-order valence-corrected chi connectivity index (χ3v) is 5.20. The largest absolute Gasteiger partial charge is 0.378 e. The molecular weight excluding hydrogens is 344 g/mol. The van der Waals surface area contributed by atoms with E-state index in [9.17, 15) is 0 Å². The quantitative estimate of drug-likeness (QED) is 0.717. The number of fused-ring (bicyclic) bond motifs is 2. The summed E-state index contributed by atoms with van der Waals surface area (Å²) in [5, 5.41) is 0. The van der Waals surface area contributed by atoms with Gasteiger partial charge in [0.1, 0.15) is 11.4 Å². The molecule has 2 aromatic heterocycles. The van der Waals surface area contributed by atoms with Gasteiger partial charge in [-0.15, -0.1) is 0 Å². The van der Waals surface area contributed by atoms with E-state index in [1.165, 1.54) is 0 Å². The van der Waals surface area contributed by atoms with Gasteiger partial charge < -0.3 is 25.1 Å². The molecule has 3 aromatic rings. The highest BCUT2D eigenvalue weighted by atomic mass is 16.5. The van der Waals surface area contributed by atoms with Crippen molar-refractivity contribution < 1.29 is 9.47 Å². The Labute approximate surface area is 156 Å². The van der Waals surface area contributed by atoms with Crippen LogP contribution in [0.2, 0.25) is 0 Å². The van der Waals surface area contributed by atoms with Gasteiger partial charge in [-0.2, -0.15) is 0 Å². The van der Waals surface area contributed by atoms with Crippen molar-refractivity contribution in [1.29, 1.82) is 0 Å². The Morgan fingerprint density at radius 1 is 1.15 bits per heavy atom. The molecule has 2 aliphatic heterocycles. The molecule has 1 fully saturated rings. The molecule has 2 aliphatic rings. The Balaban J connectivity index is 1.67. The van der Waals surface area contributed by atoms with Crippen LogP contribution in [0.3, 0.4) is 0 Å². The highest BCUT2D eigenvalue weighted by Crippen LogP contribution is 2.40. The second-order valence-corrected chi connectivity index (χ2v) is 7.45. The summed E-state index contributed by atoms with van der Waals surface area (Å²) < 4.78 is 11.5. The Hall–Kier alpha value is -2.71. The number of nitrogen functional groups attached to an aromatic ring is 1. The Morgan fingerprint density at radius 2 is 1.96 bits per heavy atom. The smallest absolute Gasteiger partial charge is 0.198 e. The van der Waals surface area contributed by atoms with E-state index in [1.807, 2.05) is 18.2 Å². The maximum Gasteiger partial charge on any atom is 0.198 e. The van der Waals surface area contributed by atoms with Crippen LogP contribution in [0.4, 0.5) is 11.8 Å². The Kier molecular flexibility index (Phi) is 3.60. The van der Waals surface area contributed by atoms with Gasteiger partial charge in [-0.25, -0.2) is 15.0 Å². The predicted octanol–water partition coefficient (Wildman–Crippen LogP) is 2.20. The summed E-state index contributed by atoms with van der Waals surface area (Å²) in [5.41, 5.74) is 10.0. The number of ether oxygens (including phenoxy) is 2. The second-order valence-electron chi connectivity index (χ2n) is 7.45. The number of aromatic nitrogens is 4. The number of imidazole rings is 1. The lowest BCUT2D eigenvalue weighted by atomic mass is 10.0. The Bertz CT molecular complexity index is 1020. The number of rotatable bonds is 2. The molecule has 0 atom stereocenters. The number of hydrogen-bond donors (Lipinski definition) is 2. The first-order valence-corrected chi connectivity index (χ1v) is 9.15. The number of aromatic amines is 1. The van der Waals surface area contributed by atoms with Crippen molar-refractivity contribution in [1.82, 2.24) is 19.9 Å². The molecule has 0 unspecified atom stereocenters. The van der Waals surface area contributed by atoms with Crippen LogP contribution < -0.4 is 10.6 Å². The lowest BCUT2D eigenvalue weighted by Crippen LogP contribution is -2.37. The van der Waals surface area contributed by atoms with E-state index in [0.717, 1.165) is 46.8 Å². The molecule has 0 saturated carbocycles. The fraction of sp³-hybridized carbons (Fsp3) is 0.421. The van der Waals surface area contributed by atoms with Crippen LogP contribution in [0.25, 0.3) is 22.4 Å². The first-order valence-electron chi connectivity index (χ1n) is 9.15. The number of nitrogens with two attached hydrogens (primary N) is 1. The van der Waals surface area contributed by atoms with Crippen molar-refractivity contribution in [2.45, 2.75) is 26.1 Å². The number of H-pyrrole nitrogens is 1. The molecule has 3 N–H and O–H groups in total. The molecule has 8 nitrogen and oxygen atoms in total. The van der Waals surface area contributed by atoms with Crippen molar-refractivity contribution in [3.63, 3.8) is 0 Å². The van der Waals surface area contributed by atoms with Crippen LogP contribution in [-0.4, -0.2) is 46.2 Å². The molecule has 0 bridgehead atoms. The summed E-state index contributed by atoms with van der Waals surface area (Å²) in [6, 6.07) is 5.91. The number of morpholine rings is 1. The van der Waals surface area contributed by atoms with Crippen LogP contribution in [0, 0.1) is 0 Å². The van der Waals surface area contributed by atoms with Crippen molar-refractivity contribution in [3.8, 4) is 11.4 Å². The van der Waals surface area contributed by atoms with Gasteiger partial charge in [-0.3, -0.25) is 0 Å². The molecule has 8 heteroatoms. The van der Waals surface area contributed by atoms with Gasteiger partial charge in [-0.05, 0) is 32.0 Å². The minimum atomic E-state index is -0.434. The summed E-state index contributed by atoms with van der Waals surface area (Å²) in [6.07, 6.45) is 0. The van der Waals surface area contributed by atoms with Gasteiger partial charge in [0.25, 0.3) is 0 Å². The summed E-state index contributed by atoms with van der Waals surface area (Å²) in [4.78, 5) is 19.4. The molecule has 4 heterocycles. The molecule has 0 radical (unpaired) electrons. The average molecular weight is 366 g/mol. The maximum atomic E-state index is 6.01. The molecular formula is C19H22N6O2. The van der Waals surface area contributed by atoms with Crippen LogP contribution in [-0.2, 0) is 21.7 Å². The minimum absolute atomic E-state index is 0.403. The second kappa shape index (κ2) is 5.90. The first-order chi connectivity index (χ1) is 13.0. The minimum Gasteiger partial charge on any atom is -0.378 e. The van der Waals surface area contributed by atoms with Crippen molar-refractivity contribution in [2.24, 2.45) is 0 Å². The van der Waals surface area contributed by atoms with Gasteiger partial charge in [0.15, 0.2) is 11.8 Å². The third-order valence-electron chi connectivity index (χ3n) is 5.20. The SMILES string of the molecule is CC1(C)OCc2c(N3CCOCC3)nc(-c3ccc4nc(N)[nH]c4c3)nc21. The molecule has 5 rings (SSSR count). The topological polar surface area (TPSA) is 102 Å². The van der Waals surface area contributed by atoms with Crippen LogP contribution in [0.5, 0.6) is 0 Å². The standard InChI is InChI=1S/C19H22N6O2/c1-19(2)15-12(10-27-19)17(25-5-7-26-8-6-25)24-16(23-15)11-3-4-13-14(9-11)22-18(20)21-13/h3-4,9H,5-8,10H2,1-2H3,(H3,20,21,22). The number of hydrogen-bond acceptors (Lipinski definition) is 7. The number of anilines is 2. The molecule has 0 spiro atoms. The zero-order valence-corrected chi connectivity index (χ0v) is 15.5. The molecule has 140 valence electrons. The fourth-order valence-corrected chi connectivity index (χ4v) is 3.76. The normalized spacial score (nSPS) is 18.8. The van der Waals surface area contributed by atoms with E-state index >= 15 is 0 Å².